The summed E-state index contributed by atoms with van der Waals surface area (Å²) in [6, 6.07) is 12.2. The Kier molecular flexibility index (Phi) is 1.80. The van der Waals surface area contributed by atoms with Crippen LogP contribution < -0.4 is 0 Å². The summed E-state index contributed by atoms with van der Waals surface area (Å²) in [7, 11) is 0. The Morgan fingerprint density at radius 3 is 2.62 bits per heavy atom. The van der Waals surface area contributed by atoms with Crippen molar-refractivity contribution in [3.63, 3.8) is 0 Å². The molecule has 2 aromatic rings. The van der Waals surface area contributed by atoms with E-state index in [0.717, 1.165) is 21.9 Å². The minimum absolute atomic E-state index is 0.00357. The highest BCUT2D eigenvalue weighted by molar-refractivity contribution is 6.31. The lowest BCUT2D eigenvalue weighted by atomic mass is 9.88. The second-order valence-corrected chi connectivity index (χ2v) is 3.93. The van der Waals surface area contributed by atoms with Gasteiger partial charge in [0.25, 0.3) is 0 Å². The van der Waals surface area contributed by atoms with Gasteiger partial charge in [-0.05, 0) is 22.4 Å². The van der Waals surface area contributed by atoms with E-state index in [9.17, 15) is 4.79 Å². The van der Waals surface area contributed by atoms with Crippen molar-refractivity contribution in [1.82, 2.24) is 0 Å². The number of carbonyl (C=O) groups excluding carboxylic acids is 1. The summed E-state index contributed by atoms with van der Waals surface area (Å²) < 4.78 is 0. The molecule has 2 aromatic carbocycles. The van der Waals surface area contributed by atoms with E-state index >= 15 is 0 Å². The molecule has 0 saturated carbocycles. The Bertz CT molecular complexity index is 648. The second kappa shape index (κ2) is 3.17. The lowest BCUT2D eigenvalue weighted by molar-refractivity contribution is -0.109. The Balaban J connectivity index is 2.46. The molecule has 0 aromatic heterocycles. The van der Waals surface area contributed by atoms with E-state index in [-0.39, 0.29) is 5.78 Å². The molecule has 0 radical (unpaired) electrons. The van der Waals surface area contributed by atoms with Crippen LogP contribution in [0.3, 0.4) is 0 Å². The van der Waals surface area contributed by atoms with Crippen molar-refractivity contribution in [2.45, 2.75) is 0 Å². The standard InChI is InChI=1S/C15H10O/c1-10-14(16)9-8-12-7-6-11-4-2-3-5-13(11)15(10)12/h2-9H,1H2. The number of hydrogen-bond donors (Lipinski definition) is 0. The first-order valence-corrected chi connectivity index (χ1v) is 5.21. The molecule has 1 aliphatic rings. The molecule has 0 aliphatic heterocycles. The van der Waals surface area contributed by atoms with Gasteiger partial charge in [0, 0.05) is 11.1 Å². The van der Waals surface area contributed by atoms with Gasteiger partial charge < -0.3 is 0 Å². The fourth-order valence-corrected chi connectivity index (χ4v) is 2.15. The molecule has 0 bridgehead atoms. The van der Waals surface area contributed by atoms with Crippen molar-refractivity contribution in [2.24, 2.45) is 0 Å². The maximum atomic E-state index is 11.6. The SMILES string of the molecule is C=C1C(=O)C=Cc2ccc3ccccc3c21. The zero-order valence-electron chi connectivity index (χ0n) is 8.73. The molecule has 0 amide bonds. The molecule has 76 valence electrons. The number of hydrogen-bond acceptors (Lipinski definition) is 1. The van der Waals surface area contributed by atoms with E-state index in [4.69, 9.17) is 0 Å². The average Bonchev–Trinajstić information content (AvgIpc) is 2.33. The van der Waals surface area contributed by atoms with Crippen molar-refractivity contribution in [1.29, 1.82) is 0 Å². The smallest absolute Gasteiger partial charge is 0.185 e. The number of allylic oxidation sites excluding steroid dienone is 2. The van der Waals surface area contributed by atoms with Gasteiger partial charge in [-0.1, -0.05) is 49.1 Å². The van der Waals surface area contributed by atoms with Crippen LogP contribution in [-0.4, -0.2) is 5.78 Å². The minimum Gasteiger partial charge on any atom is -0.289 e. The lowest BCUT2D eigenvalue weighted by Gasteiger charge is -2.14. The summed E-state index contributed by atoms with van der Waals surface area (Å²) >= 11 is 0. The molecule has 16 heavy (non-hydrogen) atoms. The summed E-state index contributed by atoms with van der Waals surface area (Å²) in [6.45, 7) is 3.89. The Morgan fingerprint density at radius 1 is 0.938 bits per heavy atom. The summed E-state index contributed by atoms with van der Waals surface area (Å²) in [5.74, 6) is 0.00357. The van der Waals surface area contributed by atoms with Crippen LogP contribution in [0.15, 0.2) is 49.1 Å². The zero-order chi connectivity index (χ0) is 11.1. The highest BCUT2D eigenvalue weighted by atomic mass is 16.1. The van der Waals surface area contributed by atoms with Gasteiger partial charge in [0.1, 0.15) is 0 Å². The van der Waals surface area contributed by atoms with Crippen LogP contribution in [0.4, 0.5) is 0 Å². The van der Waals surface area contributed by atoms with Gasteiger partial charge in [-0.2, -0.15) is 0 Å². The topological polar surface area (TPSA) is 17.1 Å². The molecule has 0 N–H and O–H groups in total. The minimum atomic E-state index is 0.00357. The van der Waals surface area contributed by atoms with Gasteiger partial charge >= 0.3 is 0 Å². The van der Waals surface area contributed by atoms with Crippen molar-refractivity contribution in [2.75, 3.05) is 0 Å². The van der Waals surface area contributed by atoms with Crippen LogP contribution in [0.1, 0.15) is 11.1 Å². The van der Waals surface area contributed by atoms with Crippen LogP contribution in [-0.2, 0) is 4.79 Å². The molecule has 0 heterocycles. The summed E-state index contributed by atoms with van der Waals surface area (Å²) in [4.78, 5) is 11.6. The van der Waals surface area contributed by atoms with E-state index in [1.165, 1.54) is 0 Å². The molecular formula is C15H10O. The first-order valence-electron chi connectivity index (χ1n) is 5.21. The van der Waals surface area contributed by atoms with Crippen LogP contribution in [0.25, 0.3) is 22.4 Å². The lowest BCUT2D eigenvalue weighted by Crippen LogP contribution is -2.03. The predicted octanol–water partition coefficient (Wildman–Crippen LogP) is 3.45. The van der Waals surface area contributed by atoms with Gasteiger partial charge in [0.05, 0.1) is 0 Å². The molecule has 1 nitrogen and oxygen atoms in total. The fraction of sp³-hybridized carbons (Fsp3) is 0. The molecule has 0 unspecified atom stereocenters. The Labute approximate surface area is 93.7 Å². The van der Waals surface area contributed by atoms with Crippen molar-refractivity contribution in [3.8, 4) is 0 Å². The zero-order valence-corrected chi connectivity index (χ0v) is 8.73. The third-order valence-corrected chi connectivity index (χ3v) is 2.97. The molecular weight excluding hydrogens is 196 g/mol. The van der Waals surface area contributed by atoms with Crippen LogP contribution >= 0.6 is 0 Å². The highest BCUT2D eigenvalue weighted by Gasteiger charge is 2.17. The van der Waals surface area contributed by atoms with Crippen LogP contribution in [0, 0.1) is 0 Å². The summed E-state index contributed by atoms with van der Waals surface area (Å²) in [5, 5.41) is 2.24. The molecule has 3 rings (SSSR count). The van der Waals surface area contributed by atoms with Gasteiger partial charge in [0.15, 0.2) is 5.78 Å². The second-order valence-electron chi connectivity index (χ2n) is 3.93. The van der Waals surface area contributed by atoms with E-state index in [0.29, 0.717) is 5.57 Å². The number of fused-ring (bicyclic) bond motifs is 3. The number of rotatable bonds is 0. The molecule has 0 saturated heterocycles. The number of ketones is 1. The van der Waals surface area contributed by atoms with Crippen LogP contribution in [0.5, 0.6) is 0 Å². The van der Waals surface area contributed by atoms with Gasteiger partial charge in [-0.3, -0.25) is 4.79 Å². The molecule has 1 aliphatic carbocycles. The molecule has 1 heteroatoms. The monoisotopic (exact) mass is 206 g/mol. The van der Waals surface area contributed by atoms with Gasteiger partial charge in [-0.25, -0.2) is 0 Å². The van der Waals surface area contributed by atoms with E-state index in [1.807, 2.05) is 36.4 Å². The Hall–Kier alpha value is -2.15. The van der Waals surface area contributed by atoms with E-state index in [2.05, 4.69) is 12.6 Å². The predicted molar refractivity (Wildman–Crippen MR) is 67.0 cm³/mol. The molecule has 0 spiro atoms. The molecule has 0 fully saturated rings. The van der Waals surface area contributed by atoms with Gasteiger partial charge in [0.2, 0.25) is 0 Å². The maximum Gasteiger partial charge on any atom is 0.185 e. The highest BCUT2D eigenvalue weighted by Crippen LogP contribution is 2.32. The first-order chi connectivity index (χ1) is 7.77. The number of benzene rings is 2. The fourth-order valence-electron chi connectivity index (χ4n) is 2.15. The van der Waals surface area contributed by atoms with Crippen molar-refractivity contribution < 1.29 is 4.79 Å². The third kappa shape index (κ3) is 1.15. The van der Waals surface area contributed by atoms with Crippen LogP contribution in [0.2, 0.25) is 0 Å². The van der Waals surface area contributed by atoms with E-state index < -0.39 is 0 Å². The molecule has 0 atom stereocenters. The third-order valence-electron chi connectivity index (χ3n) is 2.97. The van der Waals surface area contributed by atoms with Gasteiger partial charge in [-0.15, -0.1) is 0 Å². The first kappa shape index (κ1) is 9.10. The maximum absolute atomic E-state index is 11.6. The van der Waals surface area contributed by atoms with Crippen molar-refractivity contribution in [3.05, 3.63) is 60.2 Å². The number of carbonyl (C=O) groups is 1. The summed E-state index contributed by atoms with van der Waals surface area (Å²) in [5.41, 5.74) is 2.64. The quantitative estimate of drug-likeness (QED) is 0.603. The summed E-state index contributed by atoms with van der Waals surface area (Å²) in [6.07, 6.45) is 3.44. The Morgan fingerprint density at radius 2 is 1.75 bits per heavy atom. The van der Waals surface area contributed by atoms with E-state index in [1.54, 1.807) is 6.08 Å². The normalized spacial score (nSPS) is 14.2. The largest absolute Gasteiger partial charge is 0.289 e. The average molecular weight is 206 g/mol. The van der Waals surface area contributed by atoms with Crippen molar-refractivity contribution >= 4 is 28.2 Å².